The van der Waals surface area contributed by atoms with Crippen LogP contribution in [0.4, 0.5) is 5.82 Å². The largest absolute Gasteiger partial charge is 0.394 e. The molecule has 2 rings (SSSR count). The third-order valence-corrected chi connectivity index (χ3v) is 2.57. The molecule has 15 heavy (non-hydrogen) atoms. The van der Waals surface area contributed by atoms with Gasteiger partial charge in [-0.15, -0.1) is 0 Å². The SMILES string of the molecule is Nc1nonc1C(=O)N1CCC[C@H]1CO. The lowest BCUT2D eigenvalue weighted by Crippen LogP contribution is -2.38. The predicted octanol–water partition coefficient (Wildman–Crippen LogP) is -0.751. The van der Waals surface area contributed by atoms with E-state index < -0.39 is 0 Å². The Morgan fingerprint density at radius 2 is 2.47 bits per heavy atom. The zero-order valence-electron chi connectivity index (χ0n) is 8.09. The average molecular weight is 212 g/mol. The van der Waals surface area contributed by atoms with Crippen molar-refractivity contribution in [1.29, 1.82) is 0 Å². The molecule has 1 aliphatic rings. The number of hydrogen-bond acceptors (Lipinski definition) is 6. The highest BCUT2D eigenvalue weighted by Crippen LogP contribution is 2.20. The molecule has 0 spiro atoms. The molecule has 1 fully saturated rings. The molecule has 2 heterocycles. The van der Waals surface area contributed by atoms with Gasteiger partial charge >= 0.3 is 0 Å². The molecular formula is C8H12N4O3. The Hall–Kier alpha value is -1.63. The highest BCUT2D eigenvalue weighted by atomic mass is 16.6. The number of amides is 1. The van der Waals surface area contributed by atoms with Crippen LogP contribution in [0.1, 0.15) is 23.3 Å². The number of nitrogen functional groups attached to an aromatic ring is 1. The lowest BCUT2D eigenvalue weighted by molar-refractivity contribution is 0.0667. The first-order valence-corrected chi connectivity index (χ1v) is 4.74. The molecular weight excluding hydrogens is 200 g/mol. The molecule has 0 aliphatic carbocycles. The summed E-state index contributed by atoms with van der Waals surface area (Å²) in [6.07, 6.45) is 1.68. The van der Waals surface area contributed by atoms with Gasteiger partial charge in [-0.25, -0.2) is 4.63 Å². The molecule has 1 aliphatic heterocycles. The third kappa shape index (κ3) is 1.65. The van der Waals surface area contributed by atoms with Crippen molar-refractivity contribution >= 4 is 11.7 Å². The van der Waals surface area contributed by atoms with Crippen LogP contribution >= 0.6 is 0 Å². The molecule has 0 aromatic carbocycles. The minimum Gasteiger partial charge on any atom is -0.394 e. The summed E-state index contributed by atoms with van der Waals surface area (Å²) in [6, 6.07) is -0.145. The van der Waals surface area contributed by atoms with Gasteiger partial charge in [0, 0.05) is 6.54 Å². The van der Waals surface area contributed by atoms with Gasteiger partial charge in [0.25, 0.3) is 5.91 Å². The van der Waals surface area contributed by atoms with E-state index >= 15 is 0 Å². The Morgan fingerprint density at radius 3 is 3.07 bits per heavy atom. The number of aliphatic hydroxyl groups is 1. The Balaban J connectivity index is 2.18. The summed E-state index contributed by atoms with van der Waals surface area (Å²) in [5, 5.41) is 15.9. The van der Waals surface area contributed by atoms with Crippen LogP contribution in [0.15, 0.2) is 4.63 Å². The van der Waals surface area contributed by atoms with E-state index in [1.807, 2.05) is 0 Å². The van der Waals surface area contributed by atoms with Crippen molar-refractivity contribution in [3.05, 3.63) is 5.69 Å². The second-order valence-electron chi connectivity index (χ2n) is 3.48. The zero-order valence-corrected chi connectivity index (χ0v) is 8.09. The van der Waals surface area contributed by atoms with Crippen LogP contribution < -0.4 is 5.73 Å². The Bertz CT molecular complexity index is 365. The molecule has 1 aromatic heterocycles. The smallest absolute Gasteiger partial charge is 0.280 e. The maximum absolute atomic E-state index is 11.9. The lowest BCUT2D eigenvalue weighted by atomic mass is 10.2. The summed E-state index contributed by atoms with van der Waals surface area (Å²) >= 11 is 0. The van der Waals surface area contributed by atoms with Crippen LogP contribution in [0.2, 0.25) is 0 Å². The average Bonchev–Trinajstić information content (AvgIpc) is 2.84. The number of likely N-dealkylation sites (tertiary alicyclic amines) is 1. The molecule has 82 valence electrons. The first kappa shape index (κ1) is 9.91. The monoisotopic (exact) mass is 212 g/mol. The van der Waals surface area contributed by atoms with Gasteiger partial charge in [0.1, 0.15) is 0 Å². The Kier molecular flexibility index (Phi) is 2.55. The van der Waals surface area contributed by atoms with E-state index in [2.05, 4.69) is 14.9 Å². The number of carbonyl (C=O) groups is 1. The van der Waals surface area contributed by atoms with Gasteiger partial charge in [0.15, 0.2) is 0 Å². The van der Waals surface area contributed by atoms with E-state index in [0.29, 0.717) is 6.54 Å². The topological polar surface area (TPSA) is 105 Å². The van der Waals surface area contributed by atoms with Gasteiger partial charge in [0.2, 0.25) is 11.5 Å². The van der Waals surface area contributed by atoms with Crippen LogP contribution in [0.3, 0.4) is 0 Å². The van der Waals surface area contributed by atoms with E-state index in [1.165, 1.54) is 0 Å². The minimum absolute atomic E-state index is 0.0106. The molecule has 0 bridgehead atoms. The highest BCUT2D eigenvalue weighted by molar-refractivity contribution is 5.96. The number of rotatable bonds is 2. The van der Waals surface area contributed by atoms with Crippen LogP contribution in [-0.2, 0) is 0 Å². The van der Waals surface area contributed by atoms with Crippen molar-refractivity contribution in [2.24, 2.45) is 0 Å². The summed E-state index contributed by atoms with van der Waals surface area (Å²) in [5.41, 5.74) is 5.44. The van der Waals surface area contributed by atoms with Crippen molar-refractivity contribution in [3.63, 3.8) is 0 Å². The molecule has 7 nitrogen and oxygen atoms in total. The van der Waals surface area contributed by atoms with Crippen molar-refractivity contribution < 1.29 is 14.5 Å². The third-order valence-electron chi connectivity index (χ3n) is 2.57. The number of carbonyl (C=O) groups excluding carboxylic acids is 1. The summed E-state index contributed by atoms with van der Waals surface area (Å²) in [4.78, 5) is 13.4. The van der Waals surface area contributed by atoms with Crippen LogP contribution in [0.5, 0.6) is 0 Å². The molecule has 1 saturated heterocycles. The number of anilines is 1. The van der Waals surface area contributed by atoms with Crippen molar-refractivity contribution in [3.8, 4) is 0 Å². The molecule has 1 amide bonds. The zero-order chi connectivity index (χ0) is 10.8. The predicted molar refractivity (Wildman–Crippen MR) is 49.9 cm³/mol. The first-order chi connectivity index (χ1) is 7.24. The summed E-state index contributed by atoms with van der Waals surface area (Å²) in [6.45, 7) is 0.563. The molecule has 0 saturated carbocycles. The fourth-order valence-electron chi connectivity index (χ4n) is 1.77. The maximum atomic E-state index is 11.9. The Morgan fingerprint density at radius 1 is 1.67 bits per heavy atom. The number of aromatic nitrogens is 2. The van der Waals surface area contributed by atoms with Crippen molar-refractivity contribution in [1.82, 2.24) is 15.2 Å². The quantitative estimate of drug-likeness (QED) is 0.668. The highest BCUT2D eigenvalue weighted by Gasteiger charge is 2.31. The fourth-order valence-corrected chi connectivity index (χ4v) is 1.77. The normalized spacial score (nSPS) is 20.9. The molecule has 1 aromatic rings. The van der Waals surface area contributed by atoms with Gasteiger partial charge in [-0.1, -0.05) is 0 Å². The molecule has 7 heteroatoms. The second-order valence-corrected chi connectivity index (χ2v) is 3.48. The number of aliphatic hydroxyl groups excluding tert-OH is 1. The van der Waals surface area contributed by atoms with E-state index in [1.54, 1.807) is 4.90 Å². The summed E-state index contributed by atoms with van der Waals surface area (Å²) in [5.74, 6) is -0.339. The number of nitrogens with two attached hydrogens (primary N) is 1. The van der Waals surface area contributed by atoms with Gasteiger partial charge < -0.3 is 15.7 Å². The summed E-state index contributed by atoms with van der Waals surface area (Å²) < 4.78 is 4.36. The van der Waals surface area contributed by atoms with Crippen molar-refractivity contribution in [2.75, 3.05) is 18.9 Å². The first-order valence-electron chi connectivity index (χ1n) is 4.74. The molecule has 0 radical (unpaired) electrons. The van der Waals surface area contributed by atoms with Gasteiger partial charge in [-0.3, -0.25) is 4.79 Å². The van der Waals surface area contributed by atoms with Crippen LogP contribution in [0, 0.1) is 0 Å². The summed E-state index contributed by atoms with van der Waals surface area (Å²) in [7, 11) is 0. The minimum atomic E-state index is -0.328. The number of nitrogens with zero attached hydrogens (tertiary/aromatic N) is 3. The molecule has 0 unspecified atom stereocenters. The van der Waals surface area contributed by atoms with Crippen LogP contribution in [-0.4, -0.2) is 45.4 Å². The fraction of sp³-hybridized carbons (Fsp3) is 0.625. The van der Waals surface area contributed by atoms with E-state index in [-0.39, 0.29) is 30.1 Å². The van der Waals surface area contributed by atoms with Gasteiger partial charge in [-0.2, -0.15) is 0 Å². The second kappa shape index (κ2) is 3.85. The lowest BCUT2D eigenvalue weighted by Gasteiger charge is -2.21. The molecule has 3 N–H and O–H groups in total. The van der Waals surface area contributed by atoms with E-state index in [0.717, 1.165) is 12.8 Å². The van der Waals surface area contributed by atoms with E-state index in [9.17, 15) is 4.79 Å². The van der Waals surface area contributed by atoms with Gasteiger partial charge in [0.05, 0.1) is 12.6 Å². The Labute approximate surface area is 85.8 Å². The van der Waals surface area contributed by atoms with E-state index in [4.69, 9.17) is 10.8 Å². The number of hydrogen-bond donors (Lipinski definition) is 2. The molecule has 1 atom stereocenters. The van der Waals surface area contributed by atoms with Crippen molar-refractivity contribution in [2.45, 2.75) is 18.9 Å². The standard InChI is InChI=1S/C8H12N4O3/c9-7-6(10-15-11-7)8(14)12-3-1-2-5(12)4-13/h5,13H,1-4H2,(H2,9,11)/t5-/m0/s1. The van der Waals surface area contributed by atoms with Crippen LogP contribution in [0.25, 0.3) is 0 Å². The maximum Gasteiger partial charge on any atom is 0.280 e. The van der Waals surface area contributed by atoms with Gasteiger partial charge in [-0.05, 0) is 23.2 Å².